The summed E-state index contributed by atoms with van der Waals surface area (Å²) in [5.41, 5.74) is -1.09. The van der Waals surface area contributed by atoms with Crippen molar-refractivity contribution in [3.63, 3.8) is 0 Å². The van der Waals surface area contributed by atoms with Gasteiger partial charge in [0.15, 0.2) is 0 Å². The molecule has 0 heterocycles. The van der Waals surface area contributed by atoms with Crippen LogP contribution >= 0.6 is 23.2 Å². The first kappa shape index (κ1) is 31.3. The molecular formula is C27H26Cl2F3N3O4S. The van der Waals surface area contributed by atoms with Crippen molar-refractivity contribution in [3.05, 3.63) is 94.0 Å². The fraction of sp³-hybridized carbons (Fsp3) is 0.259. The Morgan fingerprint density at radius 1 is 0.975 bits per heavy atom. The summed E-state index contributed by atoms with van der Waals surface area (Å²) >= 11 is 12.2. The molecule has 2 amide bonds. The number of benzene rings is 3. The van der Waals surface area contributed by atoms with Gasteiger partial charge in [0.2, 0.25) is 11.8 Å². The highest BCUT2D eigenvalue weighted by atomic mass is 35.5. The summed E-state index contributed by atoms with van der Waals surface area (Å²) < 4.78 is 68.8. The van der Waals surface area contributed by atoms with E-state index >= 15 is 0 Å². The Morgan fingerprint density at radius 3 is 2.15 bits per heavy atom. The number of anilines is 1. The third-order valence-electron chi connectivity index (χ3n) is 6.05. The quantitative estimate of drug-likeness (QED) is 0.314. The fourth-order valence-electron chi connectivity index (χ4n) is 3.99. The van der Waals surface area contributed by atoms with E-state index in [4.69, 9.17) is 23.2 Å². The smallest absolute Gasteiger partial charge is 0.357 e. The van der Waals surface area contributed by atoms with Gasteiger partial charge in [0.05, 0.1) is 21.2 Å². The van der Waals surface area contributed by atoms with Crippen LogP contribution in [0.15, 0.2) is 77.7 Å². The van der Waals surface area contributed by atoms with Gasteiger partial charge < -0.3 is 10.2 Å². The van der Waals surface area contributed by atoms with Gasteiger partial charge in [-0.25, -0.2) is 8.42 Å². The number of rotatable bonds is 10. The zero-order valence-corrected chi connectivity index (χ0v) is 23.8. The first-order valence-electron chi connectivity index (χ1n) is 12.0. The van der Waals surface area contributed by atoms with E-state index in [1.165, 1.54) is 36.2 Å². The number of hydrogen-bond donors (Lipinski definition) is 1. The van der Waals surface area contributed by atoms with Crippen LogP contribution in [0.25, 0.3) is 0 Å². The van der Waals surface area contributed by atoms with Crippen LogP contribution in [0.1, 0.15) is 24.5 Å². The van der Waals surface area contributed by atoms with Crippen LogP contribution in [0.3, 0.4) is 0 Å². The molecule has 3 rings (SSSR count). The number of nitrogens with zero attached hydrogens (tertiary/aromatic N) is 2. The highest BCUT2D eigenvalue weighted by Gasteiger charge is 2.36. The van der Waals surface area contributed by atoms with E-state index in [1.807, 2.05) is 0 Å². The first-order valence-corrected chi connectivity index (χ1v) is 14.2. The van der Waals surface area contributed by atoms with E-state index in [1.54, 1.807) is 37.3 Å². The minimum absolute atomic E-state index is 0.0997. The largest absolute Gasteiger partial charge is 0.416 e. The van der Waals surface area contributed by atoms with Gasteiger partial charge in [0.25, 0.3) is 10.0 Å². The molecule has 3 aromatic rings. The number of carbonyl (C=O) groups is 2. The molecular weight excluding hydrogens is 590 g/mol. The third-order valence-corrected chi connectivity index (χ3v) is 8.40. The van der Waals surface area contributed by atoms with Crippen molar-refractivity contribution in [2.75, 3.05) is 17.9 Å². The predicted molar refractivity (Wildman–Crippen MR) is 148 cm³/mol. The lowest BCUT2D eigenvalue weighted by atomic mass is 10.1. The molecule has 40 heavy (non-hydrogen) atoms. The molecule has 0 aromatic heterocycles. The van der Waals surface area contributed by atoms with E-state index < -0.39 is 51.9 Å². The molecule has 0 saturated heterocycles. The van der Waals surface area contributed by atoms with Crippen molar-refractivity contribution in [2.45, 2.75) is 37.0 Å². The third kappa shape index (κ3) is 7.26. The summed E-state index contributed by atoms with van der Waals surface area (Å²) in [5.74, 6) is -1.34. The zero-order valence-electron chi connectivity index (χ0n) is 21.5. The second-order valence-electron chi connectivity index (χ2n) is 8.68. The molecule has 0 unspecified atom stereocenters. The Bertz CT molecular complexity index is 1450. The normalized spacial score (nSPS) is 12.5. The van der Waals surface area contributed by atoms with E-state index in [-0.39, 0.29) is 22.9 Å². The standard InChI is InChI=1S/C27H26Cl2F3N3O4S/c1-3-23(26(37)33-2)34(16-18-9-12-20(28)13-10-18)25(36)17-35(40(38,39)21-7-5-4-6-8-21)24-15-19(27(30,31)32)11-14-22(24)29/h4-15,23H,3,16-17H2,1-2H3,(H,33,37)/t23-/m0/s1. The Balaban J connectivity index is 2.15. The average molecular weight is 616 g/mol. The van der Waals surface area contributed by atoms with Crippen molar-refractivity contribution in [2.24, 2.45) is 0 Å². The highest BCUT2D eigenvalue weighted by Crippen LogP contribution is 2.37. The molecule has 0 radical (unpaired) electrons. The van der Waals surface area contributed by atoms with Crippen molar-refractivity contribution in [1.82, 2.24) is 10.2 Å². The van der Waals surface area contributed by atoms with Crippen LogP contribution in [0.4, 0.5) is 18.9 Å². The number of nitrogens with one attached hydrogen (secondary N) is 1. The van der Waals surface area contributed by atoms with Gasteiger partial charge in [-0.15, -0.1) is 0 Å². The summed E-state index contributed by atoms with van der Waals surface area (Å²) in [5, 5.41) is 2.62. The molecule has 7 nitrogen and oxygen atoms in total. The highest BCUT2D eigenvalue weighted by molar-refractivity contribution is 7.92. The van der Waals surface area contributed by atoms with Gasteiger partial charge in [-0.3, -0.25) is 13.9 Å². The second kappa shape index (κ2) is 12.9. The van der Waals surface area contributed by atoms with E-state index in [0.717, 1.165) is 6.07 Å². The molecule has 0 fully saturated rings. The molecule has 3 aromatic carbocycles. The number of alkyl halides is 3. The summed E-state index contributed by atoms with van der Waals surface area (Å²) in [7, 11) is -3.19. The molecule has 0 saturated carbocycles. The molecule has 0 aliphatic carbocycles. The van der Waals surface area contributed by atoms with Gasteiger partial charge >= 0.3 is 6.18 Å². The van der Waals surface area contributed by atoms with Gasteiger partial charge in [0.1, 0.15) is 12.6 Å². The second-order valence-corrected chi connectivity index (χ2v) is 11.4. The van der Waals surface area contributed by atoms with Crippen LogP contribution in [-0.2, 0) is 32.3 Å². The Morgan fingerprint density at radius 2 is 1.60 bits per heavy atom. The minimum Gasteiger partial charge on any atom is -0.357 e. The lowest BCUT2D eigenvalue weighted by Crippen LogP contribution is -2.51. The van der Waals surface area contributed by atoms with E-state index in [0.29, 0.717) is 27.0 Å². The molecule has 1 N–H and O–H groups in total. The molecule has 0 aliphatic rings. The Labute approximate surface area is 240 Å². The fourth-order valence-corrected chi connectivity index (χ4v) is 5.83. The minimum atomic E-state index is -4.81. The zero-order chi connectivity index (χ0) is 29.7. The first-order chi connectivity index (χ1) is 18.8. The van der Waals surface area contributed by atoms with Gasteiger partial charge in [-0.2, -0.15) is 13.2 Å². The lowest BCUT2D eigenvalue weighted by molar-refractivity contribution is -0.140. The number of halogens is 5. The molecule has 214 valence electrons. The van der Waals surface area contributed by atoms with Crippen molar-refractivity contribution in [3.8, 4) is 0 Å². The van der Waals surface area contributed by atoms with E-state index in [9.17, 15) is 31.2 Å². The van der Waals surface area contributed by atoms with Crippen LogP contribution in [0, 0.1) is 0 Å². The maximum Gasteiger partial charge on any atom is 0.416 e. The SMILES string of the molecule is CC[C@@H](C(=O)NC)N(Cc1ccc(Cl)cc1)C(=O)CN(c1cc(C(F)(F)F)ccc1Cl)S(=O)(=O)c1ccccc1. The van der Waals surface area contributed by atoms with Crippen LogP contribution in [0.5, 0.6) is 0 Å². The Kier molecular flexibility index (Phi) is 10.1. The summed E-state index contributed by atoms with van der Waals surface area (Å²) in [6.45, 7) is 0.640. The maximum atomic E-state index is 13.8. The summed E-state index contributed by atoms with van der Waals surface area (Å²) in [6.07, 6.45) is -4.63. The summed E-state index contributed by atoms with van der Waals surface area (Å²) in [4.78, 5) is 27.5. The van der Waals surface area contributed by atoms with Gasteiger partial charge in [-0.05, 0) is 54.4 Å². The number of hydrogen-bond acceptors (Lipinski definition) is 4. The van der Waals surface area contributed by atoms with Gasteiger partial charge in [-0.1, -0.05) is 60.5 Å². The molecule has 13 heteroatoms. The van der Waals surface area contributed by atoms with Crippen molar-refractivity contribution >= 4 is 50.7 Å². The monoisotopic (exact) mass is 615 g/mol. The lowest BCUT2D eigenvalue weighted by Gasteiger charge is -2.33. The van der Waals surface area contributed by atoms with Crippen LogP contribution < -0.4 is 9.62 Å². The molecule has 1 atom stereocenters. The van der Waals surface area contributed by atoms with Crippen LogP contribution in [-0.4, -0.2) is 44.8 Å². The number of sulfonamides is 1. The number of carbonyl (C=O) groups excluding carboxylic acids is 2. The Hall–Kier alpha value is -3.28. The topological polar surface area (TPSA) is 86.8 Å². The molecule has 0 aliphatic heterocycles. The molecule has 0 bridgehead atoms. The predicted octanol–water partition coefficient (Wildman–Crippen LogP) is 5.76. The number of amides is 2. The molecule has 0 spiro atoms. The number of likely N-dealkylation sites (N-methyl/N-ethyl adjacent to an activating group) is 1. The average Bonchev–Trinajstić information content (AvgIpc) is 2.92. The van der Waals surface area contributed by atoms with Crippen LogP contribution in [0.2, 0.25) is 10.0 Å². The van der Waals surface area contributed by atoms with E-state index in [2.05, 4.69) is 5.32 Å². The van der Waals surface area contributed by atoms with Gasteiger partial charge in [0, 0.05) is 18.6 Å². The van der Waals surface area contributed by atoms with Crippen molar-refractivity contribution in [1.29, 1.82) is 0 Å². The maximum absolute atomic E-state index is 13.8. The summed E-state index contributed by atoms with van der Waals surface area (Å²) in [6, 6.07) is 14.6. The van der Waals surface area contributed by atoms with Crippen molar-refractivity contribution < 1.29 is 31.2 Å².